The lowest BCUT2D eigenvalue weighted by Crippen LogP contribution is -2.37. The highest BCUT2D eigenvalue weighted by atomic mass is 35.5. The second-order valence-corrected chi connectivity index (χ2v) is 5.00. The summed E-state index contributed by atoms with van der Waals surface area (Å²) in [7, 11) is 0. The van der Waals surface area contributed by atoms with Gasteiger partial charge in [0, 0.05) is 0 Å². The van der Waals surface area contributed by atoms with Crippen LogP contribution in [0.5, 0.6) is 0 Å². The number of aliphatic hydroxyl groups is 2. The van der Waals surface area contributed by atoms with E-state index in [0.717, 1.165) is 0 Å². The van der Waals surface area contributed by atoms with Crippen molar-refractivity contribution in [1.29, 1.82) is 0 Å². The molecule has 8 nitrogen and oxygen atoms in total. The Kier molecular flexibility index (Phi) is 3.01. The fourth-order valence-electron chi connectivity index (χ4n) is 2.18. The van der Waals surface area contributed by atoms with Crippen LogP contribution >= 0.6 is 11.6 Å². The fourth-order valence-corrected chi connectivity index (χ4v) is 2.49. The molecule has 108 valence electrons. The predicted molar refractivity (Wildman–Crippen MR) is 65.6 cm³/mol. The van der Waals surface area contributed by atoms with Crippen LogP contribution in [0.25, 0.3) is 5.65 Å². The molecule has 0 bridgehead atoms. The highest BCUT2D eigenvalue weighted by Gasteiger charge is 2.57. The number of alkyl halides is 2. The molecule has 2 aromatic rings. The van der Waals surface area contributed by atoms with Crippen LogP contribution in [0.4, 0.5) is 10.2 Å². The number of rotatable bonds is 2. The molecule has 1 aliphatic heterocycles. The minimum atomic E-state index is -2.61. The second kappa shape index (κ2) is 4.48. The van der Waals surface area contributed by atoms with Crippen molar-refractivity contribution in [2.45, 2.75) is 23.4 Å². The van der Waals surface area contributed by atoms with Gasteiger partial charge in [-0.25, -0.2) is 18.9 Å². The Balaban J connectivity index is 2.10. The monoisotopic (exact) mass is 303 g/mol. The smallest absolute Gasteiger partial charge is 0.243 e. The van der Waals surface area contributed by atoms with Crippen molar-refractivity contribution >= 4 is 23.1 Å². The zero-order valence-corrected chi connectivity index (χ0v) is 10.8. The summed E-state index contributed by atoms with van der Waals surface area (Å²) in [6.45, 7) is -0.566. The van der Waals surface area contributed by atoms with E-state index in [1.54, 1.807) is 0 Å². The van der Waals surface area contributed by atoms with Crippen molar-refractivity contribution < 1.29 is 19.3 Å². The van der Waals surface area contributed by atoms with E-state index >= 15 is 0 Å². The molecule has 0 aliphatic carbocycles. The first-order valence-corrected chi connectivity index (χ1v) is 6.11. The van der Waals surface area contributed by atoms with Crippen LogP contribution in [0.2, 0.25) is 0 Å². The number of nitrogen functional groups attached to an aromatic ring is 1. The number of nitrogens with two attached hydrogens (primary N) is 1. The zero-order valence-electron chi connectivity index (χ0n) is 10.0. The zero-order chi connectivity index (χ0) is 14.5. The standard InChI is InChI=1S/C10H11ClFN5O3/c11-10(12)6(19)5(2-18)20-7(10)4-1-14-9-8(13)15-3-16-17(4)9/h1,3,5-7,18-19H,2H2,(H2,13,15,16)/t5-,6?,7+,10-/m1/s1. The molecule has 0 spiro atoms. The Labute approximate surface area is 117 Å². The number of ether oxygens (including phenoxy) is 1. The largest absolute Gasteiger partial charge is 0.394 e. The third-order valence-electron chi connectivity index (χ3n) is 3.21. The molecule has 1 aliphatic rings. The maximum Gasteiger partial charge on any atom is 0.243 e. The van der Waals surface area contributed by atoms with Crippen LogP contribution < -0.4 is 5.73 Å². The predicted octanol–water partition coefficient (Wildman–Crippen LogP) is -0.596. The van der Waals surface area contributed by atoms with Crippen LogP contribution in [0.1, 0.15) is 11.8 Å². The van der Waals surface area contributed by atoms with E-state index in [-0.39, 0.29) is 17.2 Å². The maximum absolute atomic E-state index is 14.5. The Morgan fingerprint density at radius 3 is 2.95 bits per heavy atom. The third kappa shape index (κ3) is 1.74. The third-order valence-corrected chi connectivity index (χ3v) is 3.63. The highest BCUT2D eigenvalue weighted by molar-refractivity contribution is 6.24. The first-order chi connectivity index (χ1) is 9.46. The normalized spacial score (nSPS) is 33.9. The van der Waals surface area contributed by atoms with Gasteiger partial charge >= 0.3 is 0 Å². The van der Waals surface area contributed by atoms with E-state index in [9.17, 15) is 9.50 Å². The van der Waals surface area contributed by atoms with Gasteiger partial charge in [-0.2, -0.15) is 5.10 Å². The Morgan fingerprint density at radius 1 is 1.55 bits per heavy atom. The van der Waals surface area contributed by atoms with Crippen molar-refractivity contribution in [2.24, 2.45) is 0 Å². The average Bonchev–Trinajstić information content (AvgIpc) is 2.92. The van der Waals surface area contributed by atoms with E-state index < -0.39 is 30.0 Å². The number of fused-ring (bicyclic) bond motifs is 1. The number of aliphatic hydroxyl groups excluding tert-OH is 2. The molecule has 4 N–H and O–H groups in total. The van der Waals surface area contributed by atoms with Crippen molar-refractivity contribution in [3.8, 4) is 0 Å². The molecule has 4 atom stereocenters. The Morgan fingerprint density at radius 2 is 2.30 bits per heavy atom. The van der Waals surface area contributed by atoms with E-state index in [2.05, 4.69) is 15.1 Å². The lowest BCUT2D eigenvalue weighted by molar-refractivity contribution is -0.0242. The number of hydrogen-bond acceptors (Lipinski definition) is 7. The van der Waals surface area contributed by atoms with Gasteiger partial charge in [0.2, 0.25) is 5.13 Å². The number of aromatic nitrogens is 4. The van der Waals surface area contributed by atoms with Crippen molar-refractivity contribution in [3.63, 3.8) is 0 Å². The summed E-state index contributed by atoms with van der Waals surface area (Å²) in [5, 5.41) is 20.1. The van der Waals surface area contributed by atoms with Crippen LogP contribution in [0, 0.1) is 0 Å². The maximum atomic E-state index is 14.5. The molecule has 10 heteroatoms. The molecule has 2 aromatic heterocycles. The molecule has 20 heavy (non-hydrogen) atoms. The SMILES string of the molecule is Nc1ncnn2c([C@@H]3O[C@H](CO)C(O)[C@]3(F)Cl)cnc12. The van der Waals surface area contributed by atoms with Crippen LogP contribution in [0.3, 0.4) is 0 Å². The van der Waals surface area contributed by atoms with Crippen LogP contribution in [-0.4, -0.2) is 53.7 Å². The van der Waals surface area contributed by atoms with Crippen LogP contribution in [-0.2, 0) is 4.74 Å². The molecular formula is C10H11ClFN5O3. The topological polar surface area (TPSA) is 119 Å². The lowest BCUT2D eigenvalue weighted by atomic mass is 10.1. The van der Waals surface area contributed by atoms with Gasteiger partial charge in [0.15, 0.2) is 17.6 Å². The minimum absolute atomic E-state index is 0.113. The first-order valence-electron chi connectivity index (χ1n) is 5.73. The van der Waals surface area contributed by atoms with Crippen molar-refractivity contribution in [1.82, 2.24) is 19.6 Å². The number of halogens is 2. The van der Waals surface area contributed by atoms with Gasteiger partial charge in [-0.1, -0.05) is 11.6 Å². The lowest BCUT2D eigenvalue weighted by Gasteiger charge is -2.20. The Hall–Kier alpha value is -1.55. The van der Waals surface area contributed by atoms with Crippen molar-refractivity contribution in [3.05, 3.63) is 18.2 Å². The molecule has 3 heterocycles. The summed E-state index contributed by atoms with van der Waals surface area (Å²) in [5.41, 5.74) is 6.02. The summed E-state index contributed by atoms with van der Waals surface area (Å²) in [5.74, 6) is 0.113. The number of nitrogens with zero attached hydrogens (tertiary/aromatic N) is 4. The first kappa shape index (κ1) is 13.4. The van der Waals surface area contributed by atoms with Crippen LogP contribution in [0.15, 0.2) is 12.5 Å². The average molecular weight is 304 g/mol. The van der Waals surface area contributed by atoms with Gasteiger partial charge in [-0.3, -0.25) is 0 Å². The van der Waals surface area contributed by atoms with Gasteiger partial charge < -0.3 is 20.7 Å². The molecule has 0 saturated carbocycles. The molecule has 3 rings (SSSR count). The highest BCUT2D eigenvalue weighted by Crippen LogP contribution is 2.47. The van der Waals surface area contributed by atoms with Gasteiger partial charge in [-0.05, 0) is 0 Å². The molecule has 0 radical (unpaired) electrons. The van der Waals surface area contributed by atoms with Gasteiger partial charge in [0.05, 0.1) is 18.5 Å². The fraction of sp³-hybridized carbons (Fsp3) is 0.500. The molecular weight excluding hydrogens is 293 g/mol. The van der Waals surface area contributed by atoms with Crippen molar-refractivity contribution in [2.75, 3.05) is 12.3 Å². The summed E-state index contributed by atoms with van der Waals surface area (Å²) in [6.07, 6.45) is -1.69. The van der Waals surface area contributed by atoms with Gasteiger partial charge in [-0.15, -0.1) is 0 Å². The number of imidazole rings is 1. The Bertz CT molecular complexity index is 651. The van der Waals surface area contributed by atoms with E-state index in [1.807, 2.05) is 0 Å². The minimum Gasteiger partial charge on any atom is -0.394 e. The number of hydrogen-bond donors (Lipinski definition) is 3. The number of anilines is 1. The van der Waals surface area contributed by atoms with E-state index in [4.69, 9.17) is 27.2 Å². The quantitative estimate of drug-likeness (QED) is 0.634. The molecule has 1 unspecified atom stereocenters. The van der Waals surface area contributed by atoms with Gasteiger partial charge in [0.25, 0.3) is 0 Å². The molecule has 1 fully saturated rings. The van der Waals surface area contributed by atoms with Gasteiger partial charge in [0.1, 0.15) is 18.5 Å². The second-order valence-electron chi connectivity index (χ2n) is 4.42. The summed E-state index contributed by atoms with van der Waals surface area (Å²) < 4.78 is 21.0. The summed E-state index contributed by atoms with van der Waals surface area (Å²) in [4.78, 5) is 7.72. The molecule has 0 aromatic carbocycles. The summed E-state index contributed by atoms with van der Waals surface area (Å²) >= 11 is 5.72. The van der Waals surface area contributed by atoms with E-state index in [0.29, 0.717) is 0 Å². The van der Waals surface area contributed by atoms with E-state index in [1.165, 1.54) is 17.0 Å². The molecule has 1 saturated heterocycles. The molecule has 0 amide bonds. The summed E-state index contributed by atoms with van der Waals surface area (Å²) in [6, 6.07) is 0.